The molecule has 0 heterocycles. The predicted octanol–water partition coefficient (Wildman–Crippen LogP) is 6.72. The van der Waals surface area contributed by atoms with Gasteiger partial charge in [-0.1, -0.05) is 47.6 Å². The van der Waals surface area contributed by atoms with E-state index >= 15 is 0 Å². The van der Waals surface area contributed by atoms with Crippen LogP contribution in [0.25, 0.3) is 0 Å². The van der Waals surface area contributed by atoms with Gasteiger partial charge < -0.3 is 0 Å². The van der Waals surface area contributed by atoms with Gasteiger partial charge in [0, 0.05) is 0 Å². The van der Waals surface area contributed by atoms with Crippen molar-refractivity contribution in [2.75, 3.05) is 0 Å². The first-order valence-corrected chi connectivity index (χ1v) is 11.0. The SMILES string of the molecule is C=C(C)CC1=C(CC(=C)C)CCC=CCC1.[Cl][Ru][Cl]. The van der Waals surface area contributed by atoms with Crippen LogP contribution in [0.2, 0.25) is 0 Å². The fourth-order valence-corrected chi connectivity index (χ4v) is 2.26. The average molecular weight is 388 g/mol. The Bertz CT molecular complexity index is 322. The molecular formula is C16H24Cl2Ru. The molecule has 110 valence electrons. The van der Waals surface area contributed by atoms with Gasteiger partial charge in [0.25, 0.3) is 0 Å². The van der Waals surface area contributed by atoms with E-state index in [1.54, 1.807) is 11.1 Å². The standard InChI is InChI=1S/C16H24.2ClH.Ru/c1-13(2)11-15-9-7-5-6-8-10-16(15)12-14(3)4;;;/h5-6H,1,3,7-12H2,2,4H3;2*1H;/q;;;+2/p-2. The summed E-state index contributed by atoms with van der Waals surface area (Å²) in [5.74, 6) is 0. The third-order valence-corrected chi connectivity index (χ3v) is 2.92. The Kier molecular flexibility index (Phi) is 12.0. The summed E-state index contributed by atoms with van der Waals surface area (Å²) in [6.45, 7) is 12.3. The molecule has 0 nitrogen and oxygen atoms in total. The quantitative estimate of drug-likeness (QED) is 0.370. The van der Waals surface area contributed by atoms with Crippen molar-refractivity contribution in [3.05, 3.63) is 47.6 Å². The molecule has 0 saturated heterocycles. The van der Waals surface area contributed by atoms with Crippen LogP contribution >= 0.6 is 19.4 Å². The van der Waals surface area contributed by atoms with Crippen LogP contribution in [0.4, 0.5) is 0 Å². The van der Waals surface area contributed by atoms with E-state index in [2.05, 4.69) is 39.2 Å². The van der Waals surface area contributed by atoms with Gasteiger partial charge in [-0.3, -0.25) is 0 Å². The van der Waals surface area contributed by atoms with Crippen molar-refractivity contribution in [1.29, 1.82) is 0 Å². The molecule has 0 spiro atoms. The van der Waals surface area contributed by atoms with E-state index in [-0.39, 0.29) is 15.1 Å². The van der Waals surface area contributed by atoms with Crippen molar-refractivity contribution < 1.29 is 15.1 Å². The number of allylic oxidation sites excluding steroid dienone is 6. The molecule has 1 aliphatic carbocycles. The molecule has 0 amide bonds. The summed E-state index contributed by atoms with van der Waals surface area (Å²) in [6, 6.07) is 0. The van der Waals surface area contributed by atoms with Crippen LogP contribution in [0, 0.1) is 0 Å². The molecule has 0 aliphatic heterocycles. The molecule has 0 atom stereocenters. The van der Waals surface area contributed by atoms with Crippen molar-refractivity contribution >= 4 is 19.4 Å². The summed E-state index contributed by atoms with van der Waals surface area (Å²) >= 11 is -0.346. The molecule has 0 aromatic carbocycles. The Labute approximate surface area is 134 Å². The Morgan fingerprint density at radius 2 is 1.32 bits per heavy atom. The van der Waals surface area contributed by atoms with E-state index in [4.69, 9.17) is 19.4 Å². The molecule has 0 radical (unpaired) electrons. The fraction of sp³-hybridized carbons (Fsp3) is 0.500. The molecule has 0 N–H and O–H groups in total. The maximum absolute atomic E-state index is 4.85. The second-order valence-electron chi connectivity index (χ2n) is 5.07. The molecule has 19 heavy (non-hydrogen) atoms. The first-order valence-electron chi connectivity index (χ1n) is 6.50. The monoisotopic (exact) mass is 388 g/mol. The van der Waals surface area contributed by atoms with Crippen molar-refractivity contribution in [2.24, 2.45) is 0 Å². The van der Waals surface area contributed by atoms with Gasteiger partial charge in [-0.05, 0) is 52.4 Å². The molecule has 0 fully saturated rings. The summed E-state index contributed by atoms with van der Waals surface area (Å²) in [5, 5.41) is 0. The summed E-state index contributed by atoms with van der Waals surface area (Å²) < 4.78 is 0. The van der Waals surface area contributed by atoms with Crippen molar-refractivity contribution in [3.8, 4) is 0 Å². The van der Waals surface area contributed by atoms with Gasteiger partial charge in [0.15, 0.2) is 0 Å². The van der Waals surface area contributed by atoms with Crippen LogP contribution in [-0.2, 0) is 15.1 Å². The molecule has 1 aliphatic rings. The van der Waals surface area contributed by atoms with E-state index in [0.29, 0.717) is 0 Å². The molecule has 3 heteroatoms. The Balaban J connectivity index is 0.000000982. The number of halogens is 2. The molecule has 0 saturated carbocycles. The fourth-order valence-electron chi connectivity index (χ4n) is 2.26. The van der Waals surface area contributed by atoms with Crippen LogP contribution in [0.15, 0.2) is 47.6 Å². The van der Waals surface area contributed by atoms with Crippen LogP contribution < -0.4 is 0 Å². The van der Waals surface area contributed by atoms with Gasteiger partial charge in [0.05, 0.1) is 0 Å². The molecular weight excluding hydrogens is 364 g/mol. The normalized spacial score (nSPS) is 15.4. The van der Waals surface area contributed by atoms with Gasteiger partial charge in [0.1, 0.15) is 0 Å². The van der Waals surface area contributed by atoms with Crippen LogP contribution in [0.1, 0.15) is 52.4 Å². The second-order valence-corrected chi connectivity index (χ2v) is 7.71. The zero-order valence-corrected chi connectivity index (χ0v) is 15.2. The van der Waals surface area contributed by atoms with Crippen LogP contribution in [-0.4, -0.2) is 0 Å². The minimum atomic E-state index is -0.346. The van der Waals surface area contributed by atoms with Crippen LogP contribution in [0.3, 0.4) is 0 Å². The first-order chi connectivity index (χ1) is 9.01. The summed E-state index contributed by atoms with van der Waals surface area (Å²) in [4.78, 5) is 0. The third-order valence-electron chi connectivity index (χ3n) is 2.92. The number of rotatable bonds is 4. The molecule has 0 bridgehead atoms. The topological polar surface area (TPSA) is 0 Å². The van der Waals surface area contributed by atoms with Crippen molar-refractivity contribution in [1.82, 2.24) is 0 Å². The second kappa shape index (κ2) is 11.9. The van der Waals surface area contributed by atoms with Crippen LogP contribution in [0.5, 0.6) is 0 Å². The molecule has 0 unspecified atom stereocenters. The van der Waals surface area contributed by atoms with Gasteiger partial charge in [0.2, 0.25) is 0 Å². The number of hydrogen-bond acceptors (Lipinski definition) is 0. The van der Waals surface area contributed by atoms with E-state index in [9.17, 15) is 0 Å². The van der Waals surface area contributed by atoms with Gasteiger partial charge in [-0.2, -0.15) is 0 Å². The van der Waals surface area contributed by atoms with E-state index in [1.807, 2.05) is 0 Å². The first kappa shape index (κ1) is 19.2. The van der Waals surface area contributed by atoms with E-state index < -0.39 is 0 Å². The van der Waals surface area contributed by atoms with Crippen molar-refractivity contribution in [3.63, 3.8) is 0 Å². The maximum atomic E-state index is 4.85. The molecule has 0 aromatic rings. The zero-order valence-electron chi connectivity index (χ0n) is 11.9. The molecule has 1 rings (SSSR count). The number of hydrogen-bond donors (Lipinski definition) is 0. The zero-order chi connectivity index (χ0) is 14.7. The minimum absolute atomic E-state index is 0.346. The summed E-state index contributed by atoms with van der Waals surface area (Å²) in [6.07, 6.45) is 11.6. The van der Waals surface area contributed by atoms with E-state index in [0.717, 1.165) is 12.8 Å². The van der Waals surface area contributed by atoms with Gasteiger partial charge >= 0.3 is 34.5 Å². The Morgan fingerprint density at radius 3 is 1.58 bits per heavy atom. The molecule has 0 aromatic heterocycles. The third kappa shape index (κ3) is 10.6. The van der Waals surface area contributed by atoms with E-state index in [1.165, 1.54) is 36.8 Å². The average Bonchev–Trinajstić information content (AvgIpc) is 2.27. The Morgan fingerprint density at radius 1 is 1.00 bits per heavy atom. The van der Waals surface area contributed by atoms with Gasteiger partial charge in [-0.15, -0.1) is 0 Å². The summed E-state index contributed by atoms with van der Waals surface area (Å²) in [5.41, 5.74) is 5.78. The predicted molar refractivity (Wildman–Crippen MR) is 85.2 cm³/mol. The Hall–Kier alpha value is 0.163. The van der Waals surface area contributed by atoms with Gasteiger partial charge in [-0.25, -0.2) is 0 Å². The summed E-state index contributed by atoms with van der Waals surface area (Å²) in [7, 11) is 9.71. The van der Waals surface area contributed by atoms with Crippen molar-refractivity contribution in [2.45, 2.75) is 52.4 Å².